The van der Waals surface area contributed by atoms with Gasteiger partial charge in [0.05, 0.1) is 11.3 Å². The van der Waals surface area contributed by atoms with Crippen LogP contribution in [0.4, 0.5) is 13.2 Å². The van der Waals surface area contributed by atoms with Crippen molar-refractivity contribution in [2.24, 2.45) is 0 Å². The highest BCUT2D eigenvalue weighted by Gasteiger charge is 2.30. The zero-order chi connectivity index (χ0) is 11.7. The molecule has 0 unspecified atom stereocenters. The van der Waals surface area contributed by atoms with Crippen molar-refractivity contribution in [1.82, 2.24) is 0 Å². The lowest BCUT2D eigenvalue weighted by Crippen LogP contribution is -2.13. The molecule has 0 atom stereocenters. The van der Waals surface area contributed by atoms with Crippen LogP contribution < -0.4 is 0 Å². The average Bonchev–Trinajstić information content (AvgIpc) is 1.99. The van der Waals surface area contributed by atoms with Crippen molar-refractivity contribution in [2.45, 2.75) is 17.5 Å². The molecule has 1 rings (SSSR count). The smallest absolute Gasteiger partial charge is 0.207 e. The molecular formula is C8H6ClF3O2S. The van der Waals surface area contributed by atoms with Crippen molar-refractivity contribution in [3.63, 3.8) is 0 Å². The summed E-state index contributed by atoms with van der Waals surface area (Å²) in [6.07, 6.45) is -5.77. The van der Waals surface area contributed by atoms with Crippen LogP contribution in [0.25, 0.3) is 0 Å². The molecule has 7 heteroatoms. The lowest BCUT2D eigenvalue weighted by molar-refractivity contribution is -0.127. The molecule has 1 aromatic rings. The molecule has 0 bridgehead atoms. The van der Waals surface area contributed by atoms with Crippen LogP contribution in [0.3, 0.4) is 0 Å². The maximum Gasteiger partial charge on any atom is 0.393 e. The summed E-state index contributed by atoms with van der Waals surface area (Å²) in [5.41, 5.74) is -0.347. The van der Waals surface area contributed by atoms with Crippen LogP contribution in [0.5, 0.6) is 0 Å². The summed E-state index contributed by atoms with van der Waals surface area (Å²) in [5.74, 6) is 0. The Morgan fingerprint density at radius 1 is 1.20 bits per heavy atom. The third kappa shape index (κ3) is 3.71. The first-order valence-electron chi connectivity index (χ1n) is 3.79. The van der Waals surface area contributed by atoms with Gasteiger partial charge >= 0.3 is 6.18 Å². The fourth-order valence-corrected chi connectivity index (χ4v) is 2.25. The molecule has 0 radical (unpaired) electrons. The van der Waals surface area contributed by atoms with Gasteiger partial charge in [0.25, 0.3) is 9.05 Å². The Kier molecular flexibility index (Phi) is 3.30. The van der Waals surface area contributed by atoms with Gasteiger partial charge in [0.2, 0.25) is 0 Å². The lowest BCUT2D eigenvalue weighted by atomic mass is 10.1. The quantitative estimate of drug-likeness (QED) is 0.765. The predicted molar refractivity (Wildman–Crippen MR) is 49.2 cm³/mol. The molecular weight excluding hydrogens is 253 g/mol. The molecule has 0 heterocycles. The fourth-order valence-electron chi connectivity index (χ4n) is 1.10. The standard InChI is InChI=1S/C8H6ClF3O2S/c9-15(13,14)7-4-2-1-3-6(7)5-8(10,11)12/h1-4H,5H2. The maximum absolute atomic E-state index is 12.1. The van der Waals surface area contributed by atoms with E-state index in [1.807, 2.05) is 0 Å². The van der Waals surface area contributed by atoms with Crippen LogP contribution in [-0.2, 0) is 15.5 Å². The molecule has 0 N–H and O–H groups in total. The first-order valence-corrected chi connectivity index (χ1v) is 6.10. The SMILES string of the molecule is O=S(=O)(Cl)c1ccccc1CC(F)(F)F. The summed E-state index contributed by atoms with van der Waals surface area (Å²) in [7, 11) is 0.864. The third-order valence-electron chi connectivity index (χ3n) is 1.63. The average molecular weight is 259 g/mol. The highest BCUT2D eigenvalue weighted by molar-refractivity contribution is 8.13. The Bertz CT molecular complexity index is 453. The van der Waals surface area contributed by atoms with E-state index in [0.717, 1.165) is 12.1 Å². The zero-order valence-electron chi connectivity index (χ0n) is 7.25. The van der Waals surface area contributed by atoms with Gasteiger partial charge < -0.3 is 0 Å². The Labute approximate surface area is 89.1 Å². The van der Waals surface area contributed by atoms with Gasteiger partial charge in [0, 0.05) is 10.7 Å². The van der Waals surface area contributed by atoms with Gasteiger partial charge in [-0.3, -0.25) is 0 Å². The van der Waals surface area contributed by atoms with Crippen molar-refractivity contribution in [1.29, 1.82) is 0 Å². The minimum absolute atomic E-state index is 0.347. The normalized spacial score (nSPS) is 12.8. The molecule has 0 aliphatic rings. The molecule has 0 saturated carbocycles. The van der Waals surface area contributed by atoms with Gasteiger partial charge in [-0.05, 0) is 11.6 Å². The van der Waals surface area contributed by atoms with Crippen LogP contribution in [0.1, 0.15) is 5.56 Å². The molecule has 0 amide bonds. The van der Waals surface area contributed by atoms with Crippen molar-refractivity contribution >= 4 is 19.7 Å². The number of rotatable bonds is 2. The van der Waals surface area contributed by atoms with Gasteiger partial charge in [-0.1, -0.05) is 18.2 Å². The largest absolute Gasteiger partial charge is 0.393 e. The minimum atomic E-state index is -4.46. The Morgan fingerprint density at radius 3 is 2.20 bits per heavy atom. The number of alkyl halides is 3. The van der Waals surface area contributed by atoms with E-state index < -0.39 is 26.5 Å². The fraction of sp³-hybridized carbons (Fsp3) is 0.250. The highest BCUT2D eigenvalue weighted by atomic mass is 35.7. The Hall–Kier alpha value is -0.750. The zero-order valence-corrected chi connectivity index (χ0v) is 8.83. The van der Waals surface area contributed by atoms with Gasteiger partial charge in [0.15, 0.2) is 0 Å². The summed E-state index contributed by atoms with van der Waals surface area (Å²) < 4.78 is 58.1. The van der Waals surface area contributed by atoms with Crippen molar-refractivity contribution < 1.29 is 21.6 Å². The van der Waals surface area contributed by atoms with E-state index >= 15 is 0 Å². The predicted octanol–water partition coefficient (Wildman–Crippen LogP) is 2.72. The lowest BCUT2D eigenvalue weighted by Gasteiger charge is -2.09. The van der Waals surface area contributed by atoms with Gasteiger partial charge in [-0.25, -0.2) is 8.42 Å². The number of halogens is 4. The summed E-state index contributed by atoms with van der Waals surface area (Å²) >= 11 is 0. The number of hydrogen-bond donors (Lipinski definition) is 0. The van der Waals surface area contributed by atoms with Gasteiger partial charge in [0.1, 0.15) is 0 Å². The second-order valence-electron chi connectivity index (χ2n) is 2.84. The molecule has 0 spiro atoms. The van der Waals surface area contributed by atoms with E-state index in [9.17, 15) is 21.6 Å². The second-order valence-corrected chi connectivity index (χ2v) is 5.37. The van der Waals surface area contributed by atoms with Crippen LogP contribution in [0.2, 0.25) is 0 Å². The Balaban J connectivity index is 3.20. The van der Waals surface area contributed by atoms with E-state index in [4.69, 9.17) is 10.7 Å². The number of hydrogen-bond acceptors (Lipinski definition) is 2. The topological polar surface area (TPSA) is 34.1 Å². The van der Waals surface area contributed by atoms with Crippen LogP contribution in [0, 0.1) is 0 Å². The van der Waals surface area contributed by atoms with E-state index in [1.165, 1.54) is 12.1 Å². The molecule has 0 fully saturated rings. The van der Waals surface area contributed by atoms with Crippen LogP contribution >= 0.6 is 10.7 Å². The first-order chi connectivity index (χ1) is 6.70. The minimum Gasteiger partial charge on any atom is -0.207 e. The van der Waals surface area contributed by atoms with E-state index in [0.29, 0.717) is 0 Å². The van der Waals surface area contributed by atoms with E-state index in [2.05, 4.69) is 0 Å². The molecule has 0 aliphatic carbocycles. The molecule has 0 saturated heterocycles. The van der Waals surface area contributed by atoms with Crippen LogP contribution in [0.15, 0.2) is 29.2 Å². The Morgan fingerprint density at radius 2 is 1.73 bits per heavy atom. The first kappa shape index (κ1) is 12.3. The van der Waals surface area contributed by atoms with Gasteiger partial charge in [-0.2, -0.15) is 13.2 Å². The molecule has 84 valence electrons. The molecule has 0 aliphatic heterocycles. The molecule has 0 aromatic heterocycles. The van der Waals surface area contributed by atoms with Gasteiger partial charge in [-0.15, -0.1) is 0 Å². The maximum atomic E-state index is 12.1. The number of benzene rings is 1. The van der Waals surface area contributed by atoms with E-state index in [1.54, 1.807) is 0 Å². The molecule has 1 aromatic carbocycles. The van der Waals surface area contributed by atoms with Crippen molar-refractivity contribution in [3.8, 4) is 0 Å². The van der Waals surface area contributed by atoms with Crippen LogP contribution in [-0.4, -0.2) is 14.6 Å². The monoisotopic (exact) mass is 258 g/mol. The van der Waals surface area contributed by atoms with E-state index in [-0.39, 0.29) is 5.56 Å². The summed E-state index contributed by atoms with van der Waals surface area (Å²) in [6, 6.07) is 4.77. The molecule has 2 nitrogen and oxygen atoms in total. The van der Waals surface area contributed by atoms with Crippen molar-refractivity contribution in [3.05, 3.63) is 29.8 Å². The van der Waals surface area contributed by atoms with Crippen molar-refractivity contribution in [2.75, 3.05) is 0 Å². The summed E-state index contributed by atoms with van der Waals surface area (Å²) in [6.45, 7) is 0. The highest BCUT2D eigenvalue weighted by Crippen LogP contribution is 2.27. The second kappa shape index (κ2) is 4.02. The summed E-state index contributed by atoms with van der Waals surface area (Å²) in [5, 5.41) is 0. The molecule has 15 heavy (non-hydrogen) atoms. The summed E-state index contributed by atoms with van der Waals surface area (Å²) in [4.78, 5) is -0.496. The third-order valence-corrected chi connectivity index (χ3v) is 3.05.